The molecule has 0 fully saturated rings. The number of hydrogen-bond acceptors (Lipinski definition) is 8. The number of carbonyl (C=O) groups excluding carboxylic acids is 1. The van der Waals surface area contributed by atoms with Crippen LogP contribution in [0.5, 0.6) is 5.75 Å². The Kier molecular flexibility index (Phi) is 9.55. The van der Waals surface area contributed by atoms with Gasteiger partial charge in [0.2, 0.25) is 0 Å². The lowest BCUT2D eigenvalue weighted by molar-refractivity contribution is -0.139. The molecular weight excluding hydrogens is 665 g/mol. The lowest BCUT2D eigenvalue weighted by Crippen LogP contribution is -2.34. The van der Waals surface area contributed by atoms with Gasteiger partial charge < -0.3 is 14.6 Å². The van der Waals surface area contributed by atoms with Crippen LogP contribution in [0.3, 0.4) is 0 Å². The van der Waals surface area contributed by atoms with Gasteiger partial charge in [0.15, 0.2) is 11.6 Å². The van der Waals surface area contributed by atoms with Crippen LogP contribution in [-0.4, -0.2) is 43.3 Å². The van der Waals surface area contributed by atoms with E-state index in [1.54, 1.807) is 24.3 Å². The maximum atomic E-state index is 15.0. The zero-order valence-corrected chi connectivity index (χ0v) is 25.6. The van der Waals surface area contributed by atoms with Gasteiger partial charge in [-0.2, -0.15) is 31.4 Å². The van der Waals surface area contributed by atoms with E-state index in [9.17, 15) is 45.1 Å². The highest BCUT2D eigenvalue weighted by Crippen LogP contribution is 2.33. The van der Waals surface area contributed by atoms with Crippen LogP contribution >= 0.6 is 0 Å². The Morgan fingerprint density at radius 2 is 1.61 bits per heavy atom. The molecule has 1 atom stereocenters. The van der Waals surface area contributed by atoms with E-state index in [-0.39, 0.29) is 35.1 Å². The molecule has 5 aromatic rings. The van der Waals surface area contributed by atoms with Crippen LogP contribution in [0.1, 0.15) is 30.0 Å². The van der Waals surface area contributed by atoms with Gasteiger partial charge in [0, 0.05) is 31.1 Å². The second kappa shape index (κ2) is 13.5. The number of ketones is 1. The average molecular weight is 691 g/mol. The van der Waals surface area contributed by atoms with E-state index in [4.69, 9.17) is 4.74 Å². The number of anilines is 1. The summed E-state index contributed by atoms with van der Waals surface area (Å²) in [5.41, 5.74) is -5.16. The van der Waals surface area contributed by atoms with Gasteiger partial charge in [0.05, 0.1) is 48.6 Å². The molecule has 0 saturated heterocycles. The average Bonchev–Trinajstić information content (AvgIpc) is 3.03. The van der Waals surface area contributed by atoms with Gasteiger partial charge in [-0.25, -0.2) is 19.0 Å². The van der Waals surface area contributed by atoms with Crippen LogP contribution in [-0.2, 0) is 30.2 Å². The summed E-state index contributed by atoms with van der Waals surface area (Å²) >= 11 is 0. The minimum absolute atomic E-state index is 0.147. The van der Waals surface area contributed by atoms with Crippen molar-refractivity contribution in [3.05, 3.63) is 110 Å². The highest BCUT2D eigenvalue weighted by Gasteiger charge is 2.38. The van der Waals surface area contributed by atoms with E-state index in [0.717, 1.165) is 16.8 Å². The number of nitrogens with one attached hydrogen (secondary N) is 1. The highest BCUT2D eigenvalue weighted by atomic mass is 19.4. The number of carbonyl (C=O) groups is 1. The van der Waals surface area contributed by atoms with Crippen molar-refractivity contribution >= 4 is 22.2 Å². The molecule has 10 nitrogen and oxygen atoms in total. The first kappa shape index (κ1) is 34.7. The summed E-state index contributed by atoms with van der Waals surface area (Å²) in [7, 11) is 1.45. The number of nitrogens with zero attached hydrogens (tertiary/aromatic N) is 5. The monoisotopic (exact) mass is 690 g/mol. The number of benzene rings is 2. The molecule has 49 heavy (non-hydrogen) atoms. The van der Waals surface area contributed by atoms with E-state index < -0.39 is 64.5 Å². The first-order valence-electron chi connectivity index (χ1n) is 14.4. The molecule has 5 rings (SSSR count). The SMILES string of the molecule is COc1ccc(Cn2ncc(NC(C)CC(=O)Cn3ccc4cc(-c5ncc(C(F)(F)F)cn5)c(F)cc4c3=O)c(C(F)(F)F)c2=O)cc1. The van der Waals surface area contributed by atoms with Crippen molar-refractivity contribution in [3.8, 4) is 17.1 Å². The number of aromatic nitrogens is 5. The predicted molar refractivity (Wildman–Crippen MR) is 162 cm³/mol. The summed E-state index contributed by atoms with van der Waals surface area (Å²) in [6.45, 7) is 0.652. The van der Waals surface area contributed by atoms with Gasteiger partial charge in [-0.15, -0.1) is 0 Å². The van der Waals surface area contributed by atoms with E-state index in [2.05, 4.69) is 20.4 Å². The number of ether oxygens (including phenoxy) is 1. The lowest BCUT2D eigenvalue weighted by atomic mass is 10.1. The van der Waals surface area contributed by atoms with Crippen LogP contribution in [0.25, 0.3) is 22.2 Å². The molecule has 0 bridgehead atoms. The summed E-state index contributed by atoms with van der Waals surface area (Å²) in [5, 5.41) is 6.44. The highest BCUT2D eigenvalue weighted by molar-refractivity contribution is 5.86. The molecule has 0 aliphatic heterocycles. The third kappa shape index (κ3) is 7.76. The largest absolute Gasteiger partial charge is 0.497 e. The zero-order valence-electron chi connectivity index (χ0n) is 25.6. The molecule has 1 N–H and O–H groups in total. The maximum Gasteiger partial charge on any atom is 0.423 e. The fourth-order valence-electron chi connectivity index (χ4n) is 5.02. The molecule has 17 heteroatoms. The van der Waals surface area contributed by atoms with Crippen molar-refractivity contribution < 1.29 is 40.3 Å². The zero-order chi connectivity index (χ0) is 35.7. The predicted octanol–water partition coefficient (Wildman–Crippen LogP) is 5.71. The Labute approximate surface area is 271 Å². The van der Waals surface area contributed by atoms with Crippen molar-refractivity contribution in [1.29, 1.82) is 0 Å². The Morgan fingerprint density at radius 1 is 0.939 bits per heavy atom. The number of rotatable bonds is 10. The number of halogens is 7. The van der Waals surface area contributed by atoms with Crippen LogP contribution < -0.4 is 21.2 Å². The summed E-state index contributed by atoms with van der Waals surface area (Å²) in [4.78, 5) is 46.0. The second-order valence-electron chi connectivity index (χ2n) is 11.0. The van der Waals surface area contributed by atoms with Gasteiger partial charge in [0.1, 0.15) is 17.1 Å². The van der Waals surface area contributed by atoms with E-state index >= 15 is 0 Å². The Balaban J connectivity index is 1.30. The molecule has 0 aliphatic carbocycles. The molecule has 0 saturated carbocycles. The van der Waals surface area contributed by atoms with Gasteiger partial charge in [-0.3, -0.25) is 14.4 Å². The van der Waals surface area contributed by atoms with E-state index in [1.807, 2.05) is 0 Å². The van der Waals surface area contributed by atoms with Crippen LogP contribution in [0.2, 0.25) is 0 Å². The Bertz CT molecular complexity index is 2130. The normalized spacial score (nSPS) is 12.6. The molecule has 3 heterocycles. The summed E-state index contributed by atoms with van der Waals surface area (Å²) < 4.78 is 102. The number of fused-ring (bicyclic) bond motifs is 1. The Hall–Kier alpha value is -5.61. The molecule has 2 aromatic carbocycles. The van der Waals surface area contributed by atoms with Crippen LogP contribution in [0.4, 0.5) is 36.4 Å². The Morgan fingerprint density at radius 3 is 2.22 bits per heavy atom. The maximum absolute atomic E-state index is 15.0. The third-order valence-electron chi connectivity index (χ3n) is 7.39. The van der Waals surface area contributed by atoms with Crippen molar-refractivity contribution in [1.82, 2.24) is 24.3 Å². The standard InChI is InChI=1S/C32H25F7N6O4/c1-17(43-26-14-42-45(30(48)27(26)32(37,38)39)15-18-3-5-22(49-2)6-4-18)9-21(46)16-44-8-7-19-10-24(25(33)11-23(19)29(44)47)28-40-12-20(13-41-28)31(34,35)36/h3-8,10-14,17,43H,9,15-16H2,1-2H3. The molecule has 0 spiro atoms. The molecule has 0 aliphatic rings. The third-order valence-corrected chi connectivity index (χ3v) is 7.39. The number of Topliss-reactive ketones (excluding diaryl/α,β-unsaturated/α-hetero) is 1. The smallest absolute Gasteiger partial charge is 0.423 e. The van der Waals surface area contributed by atoms with Crippen LogP contribution in [0, 0.1) is 5.82 Å². The van der Waals surface area contributed by atoms with Gasteiger partial charge in [-0.1, -0.05) is 12.1 Å². The summed E-state index contributed by atoms with van der Waals surface area (Å²) in [5.74, 6) is -1.39. The molecule has 0 radical (unpaired) electrons. The lowest BCUT2D eigenvalue weighted by Gasteiger charge is -2.19. The van der Waals surface area contributed by atoms with E-state index in [1.165, 1.54) is 32.4 Å². The first-order valence-corrected chi connectivity index (χ1v) is 14.4. The fourth-order valence-corrected chi connectivity index (χ4v) is 5.02. The van der Waals surface area contributed by atoms with Crippen molar-refractivity contribution in [2.45, 2.75) is 44.8 Å². The number of methoxy groups -OCH3 is 1. The van der Waals surface area contributed by atoms with Crippen molar-refractivity contribution in [3.63, 3.8) is 0 Å². The van der Waals surface area contributed by atoms with Crippen molar-refractivity contribution in [2.75, 3.05) is 12.4 Å². The fraction of sp³-hybridized carbons (Fsp3) is 0.250. The summed E-state index contributed by atoms with van der Waals surface area (Å²) in [6.07, 6.45) is -7.02. The number of hydrogen-bond donors (Lipinski definition) is 1. The molecule has 1 unspecified atom stereocenters. The summed E-state index contributed by atoms with van der Waals surface area (Å²) in [6, 6.07) is 8.79. The van der Waals surface area contributed by atoms with Gasteiger partial charge in [-0.05, 0) is 48.2 Å². The first-order chi connectivity index (χ1) is 23.0. The topological polar surface area (TPSA) is 121 Å². The van der Waals surface area contributed by atoms with Gasteiger partial charge >= 0.3 is 12.4 Å². The quantitative estimate of drug-likeness (QED) is 0.185. The number of alkyl halides is 6. The minimum atomic E-state index is -5.06. The molecule has 3 aromatic heterocycles. The minimum Gasteiger partial charge on any atom is -0.497 e. The second-order valence-corrected chi connectivity index (χ2v) is 11.0. The van der Waals surface area contributed by atoms with Gasteiger partial charge in [0.25, 0.3) is 11.1 Å². The molecule has 0 amide bonds. The van der Waals surface area contributed by atoms with Crippen molar-refractivity contribution in [2.24, 2.45) is 0 Å². The molecule has 256 valence electrons. The molecular formula is C32H25F7N6O4. The van der Waals surface area contributed by atoms with E-state index in [0.29, 0.717) is 28.4 Å². The van der Waals surface area contributed by atoms with Crippen LogP contribution in [0.15, 0.2) is 76.8 Å². The number of pyridine rings is 1.